The number of piperazine rings is 1. The van der Waals surface area contributed by atoms with Gasteiger partial charge in [-0.25, -0.2) is 9.78 Å². The molecular weight excluding hydrogens is 332 g/mol. The fourth-order valence-corrected chi connectivity index (χ4v) is 3.49. The highest BCUT2D eigenvalue weighted by Gasteiger charge is 2.23. The molecule has 0 aromatic carbocycles. The molecule has 1 aromatic heterocycles. The van der Waals surface area contributed by atoms with Crippen LogP contribution >= 0.6 is 0 Å². The van der Waals surface area contributed by atoms with Crippen molar-refractivity contribution >= 4 is 17.8 Å². The van der Waals surface area contributed by atoms with Crippen LogP contribution in [0.5, 0.6) is 0 Å². The van der Waals surface area contributed by atoms with Crippen LogP contribution in [0.15, 0.2) is 18.3 Å². The van der Waals surface area contributed by atoms with E-state index in [0.717, 1.165) is 31.7 Å². The summed E-state index contributed by atoms with van der Waals surface area (Å²) in [7, 11) is 0. The van der Waals surface area contributed by atoms with E-state index in [4.69, 9.17) is 4.74 Å². The summed E-state index contributed by atoms with van der Waals surface area (Å²) in [6, 6.07) is 3.78. The Morgan fingerprint density at radius 2 is 1.65 bits per heavy atom. The smallest absolute Gasteiger partial charge is 0.409 e. The van der Waals surface area contributed by atoms with Crippen molar-refractivity contribution in [3.05, 3.63) is 23.9 Å². The third-order valence-corrected chi connectivity index (χ3v) is 5.02. The first-order valence-corrected chi connectivity index (χ1v) is 9.61. The van der Waals surface area contributed by atoms with E-state index in [2.05, 4.69) is 9.88 Å². The standard InChI is InChI=1S/C19H28N4O3/c1-2-26-19(25)23-13-11-21(12-14-23)17-8-7-16(15-20-17)18(24)22-9-5-3-4-6-10-22/h7-8,15H,2-6,9-14H2,1H3. The number of carbonyl (C=O) groups is 2. The summed E-state index contributed by atoms with van der Waals surface area (Å²) in [5.74, 6) is 0.930. The van der Waals surface area contributed by atoms with Crippen molar-refractivity contribution in [2.24, 2.45) is 0 Å². The average Bonchev–Trinajstić information content (AvgIpc) is 2.97. The molecule has 26 heavy (non-hydrogen) atoms. The first kappa shape index (κ1) is 18.5. The Labute approximate surface area is 154 Å². The number of hydrogen-bond acceptors (Lipinski definition) is 5. The van der Waals surface area contributed by atoms with Crippen molar-refractivity contribution in [3.8, 4) is 0 Å². The highest BCUT2D eigenvalue weighted by molar-refractivity contribution is 5.94. The minimum Gasteiger partial charge on any atom is -0.450 e. The maximum atomic E-state index is 12.6. The molecular formula is C19H28N4O3. The van der Waals surface area contributed by atoms with E-state index in [1.807, 2.05) is 24.0 Å². The molecule has 7 nitrogen and oxygen atoms in total. The van der Waals surface area contributed by atoms with Gasteiger partial charge in [-0.15, -0.1) is 0 Å². The van der Waals surface area contributed by atoms with Crippen LogP contribution in [0.4, 0.5) is 10.6 Å². The fraction of sp³-hybridized carbons (Fsp3) is 0.632. The highest BCUT2D eigenvalue weighted by atomic mass is 16.6. The Kier molecular flexibility index (Phi) is 6.30. The molecule has 2 fully saturated rings. The Morgan fingerprint density at radius 3 is 2.23 bits per heavy atom. The van der Waals surface area contributed by atoms with Gasteiger partial charge in [0.05, 0.1) is 12.2 Å². The van der Waals surface area contributed by atoms with Crippen LogP contribution < -0.4 is 4.90 Å². The molecule has 0 radical (unpaired) electrons. The number of rotatable bonds is 3. The number of carbonyl (C=O) groups excluding carboxylic acids is 2. The van der Waals surface area contributed by atoms with E-state index in [1.165, 1.54) is 12.8 Å². The predicted molar refractivity (Wildman–Crippen MR) is 99.4 cm³/mol. The molecule has 2 amide bonds. The molecule has 0 atom stereocenters. The number of likely N-dealkylation sites (tertiary alicyclic amines) is 1. The van der Waals surface area contributed by atoms with Gasteiger partial charge in [-0.3, -0.25) is 4.79 Å². The van der Waals surface area contributed by atoms with Crippen LogP contribution in [0.1, 0.15) is 43.0 Å². The first-order chi connectivity index (χ1) is 12.7. The maximum absolute atomic E-state index is 12.6. The summed E-state index contributed by atoms with van der Waals surface area (Å²) in [6.45, 7) is 6.56. The zero-order valence-electron chi connectivity index (χ0n) is 15.5. The van der Waals surface area contributed by atoms with Gasteiger partial charge in [-0.05, 0) is 31.9 Å². The molecule has 1 aromatic rings. The molecule has 0 spiro atoms. The first-order valence-electron chi connectivity index (χ1n) is 9.61. The van der Waals surface area contributed by atoms with Crippen LogP contribution in [0.25, 0.3) is 0 Å². The van der Waals surface area contributed by atoms with E-state index in [-0.39, 0.29) is 12.0 Å². The number of pyridine rings is 1. The van der Waals surface area contributed by atoms with E-state index in [1.54, 1.807) is 11.1 Å². The van der Waals surface area contributed by atoms with Crippen molar-refractivity contribution in [1.29, 1.82) is 0 Å². The Hall–Kier alpha value is -2.31. The average molecular weight is 360 g/mol. The largest absolute Gasteiger partial charge is 0.450 e. The van der Waals surface area contributed by atoms with Gasteiger partial charge in [-0.1, -0.05) is 12.8 Å². The minimum absolute atomic E-state index is 0.0816. The van der Waals surface area contributed by atoms with Crippen molar-refractivity contribution in [1.82, 2.24) is 14.8 Å². The van der Waals surface area contributed by atoms with E-state index >= 15 is 0 Å². The van der Waals surface area contributed by atoms with E-state index < -0.39 is 0 Å². The number of hydrogen-bond donors (Lipinski definition) is 0. The second kappa shape index (κ2) is 8.87. The lowest BCUT2D eigenvalue weighted by molar-refractivity contribution is 0.0761. The van der Waals surface area contributed by atoms with Crippen LogP contribution in [0.3, 0.4) is 0 Å². The molecule has 2 aliphatic rings. The quantitative estimate of drug-likeness (QED) is 0.828. The van der Waals surface area contributed by atoms with Gasteiger partial charge in [0.1, 0.15) is 5.82 Å². The summed E-state index contributed by atoms with van der Waals surface area (Å²) in [6.07, 6.45) is 6.01. The van der Waals surface area contributed by atoms with Gasteiger partial charge in [0, 0.05) is 45.5 Å². The molecule has 3 heterocycles. The second-order valence-corrected chi connectivity index (χ2v) is 6.78. The normalized spacial score (nSPS) is 18.4. The molecule has 2 aliphatic heterocycles. The van der Waals surface area contributed by atoms with Gasteiger partial charge in [0.25, 0.3) is 5.91 Å². The monoisotopic (exact) mass is 360 g/mol. The highest BCUT2D eigenvalue weighted by Crippen LogP contribution is 2.17. The van der Waals surface area contributed by atoms with Crippen LogP contribution in [0.2, 0.25) is 0 Å². The lowest BCUT2D eigenvalue weighted by atomic mass is 10.2. The molecule has 142 valence electrons. The SMILES string of the molecule is CCOC(=O)N1CCN(c2ccc(C(=O)N3CCCCCC3)cn2)CC1. The van der Waals surface area contributed by atoms with Crippen LogP contribution in [-0.2, 0) is 4.74 Å². The molecule has 0 bridgehead atoms. The summed E-state index contributed by atoms with van der Waals surface area (Å²) in [5, 5.41) is 0. The van der Waals surface area contributed by atoms with Gasteiger partial charge in [-0.2, -0.15) is 0 Å². The second-order valence-electron chi connectivity index (χ2n) is 6.78. The third-order valence-electron chi connectivity index (χ3n) is 5.02. The zero-order chi connectivity index (χ0) is 18.4. The Bertz CT molecular complexity index is 604. The molecule has 7 heteroatoms. The van der Waals surface area contributed by atoms with E-state index in [9.17, 15) is 9.59 Å². The molecule has 0 saturated carbocycles. The Morgan fingerprint density at radius 1 is 0.962 bits per heavy atom. The lowest BCUT2D eigenvalue weighted by Crippen LogP contribution is -2.49. The number of anilines is 1. The van der Waals surface area contributed by atoms with Gasteiger partial charge in [0.15, 0.2) is 0 Å². The topological polar surface area (TPSA) is 66.0 Å². The Balaban J connectivity index is 1.56. The number of aromatic nitrogens is 1. The minimum atomic E-state index is -0.251. The summed E-state index contributed by atoms with van der Waals surface area (Å²) >= 11 is 0. The molecule has 0 unspecified atom stereocenters. The van der Waals surface area contributed by atoms with Gasteiger partial charge < -0.3 is 19.4 Å². The maximum Gasteiger partial charge on any atom is 0.409 e. The molecule has 2 saturated heterocycles. The lowest BCUT2D eigenvalue weighted by Gasteiger charge is -2.34. The number of ether oxygens (including phenoxy) is 1. The number of nitrogens with zero attached hydrogens (tertiary/aromatic N) is 4. The third kappa shape index (κ3) is 4.45. The van der Waals surface area contributed by atoms with Crippen molar-refractivity contribution in [2.45, 2.75) is 32.6 Å². The van der Waals surface area contributed by atoms with Gasteiger partial charge >= 0.3 is 6.09 Å². The molecule has 0 aliphatic carbocycles. The molecule has 0 N–H and O–H groups in total. The van der Waals surface area contributed by atoms with Crippen LogP contribution in [-0.4, -0.2) is 72.7 Å². The van der Waals surface area contributed by atoms with Crippen molar-refractivity contribution in [2.75, 3.05) is 50.8 Å². The molecule has 3 rings (SSSR count). The van der Waals surface area contributed by atoms with Crippen LogP contribution in [0, 0.1) is 0 Å². The fourth-order valence-electron chi connectivity index (χ4n) is 3.49. The van der Waals surface area contributed by atoms with Crippen molar-refractivity contribution < 1.29 is 14.3 Å². The number of amides is 2. The predicted octanol–water partition coefficient (Wildman–Crippen LogP) is 2.38. The van der Waals surface area contributed by atoms with E-state index in [0.29, 0.717) is 38.3 Å². The van der Waals surface area contributed by atoms with Crippen molar-refractivity contribution in [3.63, 3.8) is 0 Å². The summed E-state index contributed by atoms with van der Waals surface area (Å²) in [5.41, 5.74) is 0.654. The zero-order valence-corrected chi connectivity index (χ0v) is 15.5. The summed E-state index contributed by atoms with van der Waals surface area (Å²) in [4.78, 5) is 34.7. The van der Waals surface area contributed by atoms with Gasteiger partial charge in [0.2, 0.25) is 0 Å². The summed E-state index contributed by atoms with van der Waals surface area (Å²) < 4.78 is 5.04.